The molecule has 6 rings (SSSR count). The van der Waals surface area contributed by atoms with Crippen molar-refractivity contribution in [2.45, 2.75) is 38.5 Å². The minimum atomic E-state index is -0.266. The Morgan fingerprint density at radius 3 is 2.29 bits per heavy atom. The second-order valence-corrected chi connectivity index (χ2v) is 7.84. The Balaban J connectivity index is 1.45. The van der Waals surface area contributed by atoms with E-state index in [-0.39, 0.29) is 11.3 Å². The summed E-state index contributed by atoms with van der Waals surface area (Å²) in [5.41, 5.74) is 6.74. The fourth-order valence-electron chi connectivity index (χ4n) is 5.60. The topological polar surface area (TPSA) is 109 Å². The van der Waals surface area contributed by atoms with E-state index in [4.69, 9.17) is 5.73 Å². The molecule has 4 fully saturated rings. The zero-order chi connectivity index (χ0) is 16.3. The van der Waals surface area contributed by atoms with Gasteiger partial charge in [0.1, 0.15) is 16.9 Å². The highest BCUT2D eigenvalue weighted by Gasteiger charge is 2.54. The minimum absolute atomic E-state index is 0.0631. The second kappa shape index (κ2) is 4.84. The van der Waals surface area contributed by atoms with E-state index in [1.165, 1.54) is 19.3 Å². The van der Waals surface area contributed by atoms with Crippen molar-refractivity contribution in [3.8, 4) is 0 Å². The number of azo groups is 1. The molecule has 3 N–H and O–H groups in total. The van der Waals surface area contributed by atoms with E-state index in [1.807, 2.05) is 0 Å². The van der Waals surface area contributed by atoms with Crippen LogP contribution in [0.25, 0.3) is 11.0 Å². The number of aromatic amines is 1. The molecular formula is C17H20N6O. The van der Waals surface area contributed by atoms with Crippen molar-refractivity contribution in [2.24, 2.45) is 33.4 Å². The molecule has 1 amide bonds. The summed E-state index contributed by atoms with van der Waals surface area (Å²) in [6.07, 6.45) is 10.0. The molecule has 0 atom stereocenters. The summed E-state index contributed by atoms with van der Waals surface area (Å²) < 4.78 is 0. The lowest BCUT2D eigenvalue weighted by molar-refractivity contribution is -0.143. The maximum atomic E-state index is 12.9. The average molecular weight is 324 g/mol. The third kappa shape index (κ3) is 2.00. The molecule has 24 heavy (non-hydrogen) atoms. The summed E-state index contributed by atoms with van der Waals surface area (Å²) in [4.78, 5) is 24.2. The van der Waals surface area contributed by atoms with E-state index in [0.29, 0.717) is 40.4 Å². The Labute approximate surface area is 139 Å². The summed E-state index contributed by atoms with van der Waals surface area (Å²) in [7, 11) is 0. The van der Waals surface area contributed by atoms with Crippen molar-refractivity contribution in [3.63, 3.8) is 0 Å². The van der Waals surface area contributed by atoms with Gasteiger partial charge in [-0.15, -0.1) is 10.2 Å². The molecule has 4 bridgehead atoms. The maximum absolute atomic E-state index is 12.9. The molecule has 2 aromatic heterocycles. The van der Waals surface area contributed by atoms with Gasteiger partial charge in [0.15, 0.2) is 5.82 Å². The third-order valence-electron chi connectivity index (χ3n) is 6.16. The number of amides is 1. The highest BCUT2D eigenvalue weighted by atomic mass is 16.2. The normalized spacial score (nSPS) is 34.4. The zero-order valence-electron chi connectivity index (χ0n) is 13.4. The van der Waals surface area contributed by atoms with Crippen molar-refractivity contribution in [1.29, 1.82) is 0 Å². The van der Waals surface area contributed by atoms with Crippen LogP contribution in [-0.2, 0) is 4.79 Å². The SMILES string of the molecule is Nc1[nH]c(N=NC(=O)C23CC4CC(CC(C4)C2)C3)c2nccnc12. The van der Waals surface area contributed by atoms with E-state index < -0.39 is 0 Å². The number of hydrogen-bond acceptors (Lipinski definition) is 5. The highest BCUT2D eigenvalue weighted by molar-refractivity contribution is 5.93. The smallest absolute Gasteiger partial charge is 0.270 e. The highest BCUT2D eigenvalue weighted by Crippen LogP contribution is 2.60. The predicted octanol–water partition coefficient (Wildman–Crippen LogP) is 3.37. The third-order valence-corrected chi connectivity index (χ3v) is 6.16. The van der Waals surface area contributed by atoms with Crippen molar-refractivity contribution < 1.29 is 4.79 Å². The van der Waals surface area contributed by atoms with Crippen LogP contribution >= 0.6 is 0 Å². The summed E-state index contributed by atoms with van der Waals surface area (Å²) in [5, 5.41) is 8.23. The molecule has 0 aliphatic heterocycles. The molecule has 2 heterocycles. The molecular weight excluding hydrogens is 304 g/mol. The summed E-state index contributed by atoms with van der Waals surface area (Å²) in [6, 6.07) is 0. The van der Waals surface area contributed by atoms with Crippen LogP contribution in [0.15, 0.2) is 22.6 Å². The first-order chi connectivity index (χ1) is 11.6. The second-order valence-electron chi connectivity index (χ2n) is 7.84. The van der Waals surface area contributed by atoms with Crippen LogP contribution in [0.1, 0.15) is 38.5 Å². The van der Waals surface area contributed by atoms with Gasteiger partial charge < -0.3 is 10.7 Å². The maximum Gasteiger partial charge on any atom is 0.270 e. The Kier molecular flexibility index (Phi) is 2.84. The van der Waals surface area contributed by atoms with Crippen LogP contribution in [0.2, 0.25) is 0 Å². The van der Waals surface area contributed by atoms with E-state index in [0.717, 1.165) is 19.3 Å². The van der Waals surface area contributed by atoms with Gasteiger partial charge in [0, 0.05) is 12.4 Å². The van der Waals surface area contributed by atoms with E-state index in [9.17, 15) is 4.79 Å². The molecule has 0 spiro atoms. The first-order valence-electron chi connectivity index (χ1n) is 8.67. The number of aromatic nitrogens is 3. The number of rotatable bonds is 2. The van der Waals surface area contributed by atoms with Gasteiger partial charge in [-0.2, -0.15) is 0 Å². The van der Waals surface area contributed by atoms with Crippen LogP contribution in [0, 0.1) is 23.2 Å². The molecule has 4 saturated carbocycles. The zero-order valence-corrected chi connectivity index (χ0v) is 13.4. The van der Waals surface area contributed by atoms with Crippen molar-refractivity contribution in [3.05, 3.63) is 12.4 Å². The Morgan fingerprint density at radius 2 is 1.67 bits per heavy atom. The van der Waals surface area contributed by atoms with Crippen molar-refractivity contribution >= 4 is 28.6 Å². The van der Waals surface area contributed by atoms with Crippen molar-refractivity contribution in [2.75, 3.05) is 5.73 Å². The number of hydrogen-bond donors (Lipinski definition) is 2. The molecule has 0 unspecified atom stereocenters. The Hall–Kier alpha value is -2.31. The number of H-pyrrole nitrogens is 1. The first-order valence-corrected chi connectivity index (χ1v) is 8.67. The lowest BCUT2D eigenvalue weighted by Gasteiger charge is -2.54. The van der Waals surface area contributed by atoms with Gasteiger partial charge in [0.2, 0.25) is 0 Å². The van der Waals surface area contributed by atoms with Gasteiger partial charge >= 0.3 is 0 Å². The lowest BCUT2D eigenvalue weighted by atomic mass is 9.49. The quantitative estimate of drug-likeness (QED) is 0.825. The number of nitrogens with zero attached hydrogens (tertiary/aromatic N) is 4. The standard InChI is InChI=1S/C17H20N6O/c18-14-12-13(20-2-1-19-12)15(21-14)22-23-16(24)17-6-9-3-10(7-17)5-11(4-9)8-17/h1-2,9-11,21H,3-8,18H2. The molecule has 2 aromatic rings. The summed E-state index contributed by atoms with van der Waals surface area (Å²) in [5.74, 6) is 2.88. The van der Waals surface area contributed by atoms with Crippen LogP contribution in [-0.4, -0.2) is 20.9 Å². The number of nitrogens with two attached hydrogens (primary N) is 1. The summed E-state index contributed by atoms with van der Waals surface area (Å²) >= 11 is 0. The number of nitrogen functional groups attached to an aromatic ring is 1. The molecule has 4 aliphatic carbocycles. The largest absolute Gasteiger partial charge is 0.383 e. The van der Waals surface area contributed by atoms with E-state index in [1.54, 1.807) is 12.4 Å². The van der Waals surface area contributed by atoms with Gasteiger partial charge in [-0.3, -0.25) is 4.79 Å². The molecule has 0 saturated heterocycles. The van der Waals surface area contributed by atoms with Crippen molar-refractivity contribution in [1.82, 2.24) is 15.0 Å². The number of anilines is 1. The van der Waals surface area contributed by atoms with E-state index >= 15 is 0 Å². The number of nitrogens with one attached hydrogen (secondary N) is 1. The van der Waals surface area contributed by atoms with E-state index in [2.05, 4.69) is 25.2 Å². The molecule has 4 aliphatic rings. The van der Waals surface area contributed by atoms with Crippen LogP contribution in [0.3, 0.4) is 0 Å². The Bertz CT molecular complexity index is 819. The molecule has 0 radical (unpaired) electrons. The van der Waals surface area contributed by atoms with Gasteiger partial charge in [0.25, 0.3) is 5.91 Å². The van der Waals surface area contributed by atoms with Gasteiger partial charge in [-0.25, -0.2) is 9.97 Å². The lowest BCUT2D eigenvalue weighted by Crippen LogP contribution is -2.49. The molecule has 7 nitrogen and oxygen atoms in total. The minimum Gasteiger partial charge on any atom is -0.383 e. The average Bonchev–Trinajstić information content (AvgIpc) is 2.88. The molecule has 124 valence electrons. The number of carbonyl (C=O) groups is 1. The fourth-order valence-corrected chi connectivity index (χ4v) is 5.60. The fraction of sp³-hybridized carbons (Fsp3) is 0.588. The number of fused-ring (bicyclic) bond motifs is 1. The van der Waals surface area contributed by atoms with Crippen LogP contribution in [0.5, 0.6) is 0 Å². The first kappa shape index (κ1) is 14.1. The van der Waals surface area contributed by atoms with Crippen LogP contribution in [0.4, 0.5) is 11.6 Å². The van der Waals surface area contributed by atoms with Gasteiger partial charge in [0.05, 0.1) is 5.41 Å². The monoisotopic (exact) mass is 324 g/mol. The summed E-state index contributed by atoms with van der Waals surface area (Å²) in [6.45, 7) is 0. The number of carbonyl (C=O) groups excluding carboxylic acids is 1. The van der Waals surface area contributed by atoms with Crippen LogP contribution < -0.4 is 5.73 Å². The Morgan fingerprint density at radius 1 is 1.08 bits per heavy atom. The van der Waals surface area contributed by atoms with Gasteiger partial charge in [-0.1, -0.05) is 0 Å². The molecule has 7 heteroatoms. The molecule has 0 aromatic carbocycles. The predicted molar refractivity (Wildman–Crippen MR) is 88.4 cm³/mol. The van der Waals surface area contributed by atoms with Gasteiger partial charge in [-0.05, 0) is 56.3 Å².